The van der Waals surface area contributed by atoms with Gasteiger partial charge in [0.15, 0.2) is 0 Å². The lowest BCUT2D eigenvalue weighted by atomic mass is 9.85. The standard InChI is InChI=1S/C9H17N5/c1-2-7-3-5-8(6-4-7)14-9(10)11-12-13-14/h7-8H,2-6H2,1H3,(H2,10,11,13). The lowest BCUT2D eigenvalue weighted by Gasteiger charge is -2.27. The lowest BCUT2D eigenvalue weighted by molar-refractivity contribution is 0.256. The van der Waals surface area contributed by atoms with Crippen LogP contribution < -0.4 is 5.73 Å². The van der Waals surface area contributed by atoms with Crippen molar-refractivity contribution >= 4 is 5.95 Å². The first-order valence-electron chi connectivity index (χ1n) is 5.34. The van der Waals surface area contributed by atoms with Gasteiger partial charge in [-0.05, 0) is 42.0 Å². The summed E-state index contributed by atoms with van der Waals surface area (Å²) < 4.78 is 1.77. The molecule has 0 bridgehead atoms. The average Bonchev–Trinajstić information content (AvgIpc) is 2.65. The maximum absolute atomic E-state index is 5.67. The molecule has 1 aromatic rings. The van der Waals surface area contributed by atoms with Crippen molar-refractivity contribution in [3.63, 3.8) is 0 Å². The monoisotopic (exact) mass is 195 g/mol. The van der Waals surface area contributed by atoms with Gasteiger partial charge in [0.05, 0.1) is 6.04 Å². The Hall–Kier alpha value is -1.13. The van der Waals surface area contributed by atoms with Crippen molar-refractivity contribution in [2.45, 2.75) is 45.1 Å². The zero-order valence-corrected chi connectivity index (χ0v) is 8.56. The number of rotatable bonds is 2. The molecule has 0 aromatic carbocycles. The molecule has 0 radical (unpaired) electrons. The maximum Gasteiger partial charge on any atom is 0.240 e. The Bertz CT molecular complexity index is 287. The van der Waals surface area contributed by atoms with Crippen molar-refractivity contribution < 1.29 is 0 Å². The van der Waals surface area contributed by atoms with E-state index in [-0.39, 0.29) is 0 Å². The fraction of sp³-hybridized carbons (Fsp3) is 0.889. The molecule has 1 aliphatic carbocycles. The van der Waals surface area contributed by atoms with E-state index in [0.717, 1.165) is 18.8 Å². The molecule has 0 amide bonds. The van der Waals surface area contributed by atoms with Gasteiger partial charge in [0.1, 0.15) is 0 Å². The highest BCUT2D eigenvalue weighted by Crippen LogP contribution is 2.33. The van der Waals surface area contributed by atoms with Crippen molar-refractivity contribution in [1.29, 1.82) is 0 Å². The molecular formula is C9H17N5. The second-order valence-corrected chi connectivity index (χ2v) is 4.06. The number of nitrogen functional groups attached to an aromatic ring is 1. The second kappa shape index (κ2) is 3.94. The first-order chi connectivity index (χ1) is 6.81. The molecule has 1 aromatic heterocycles. The van der Waals surface area contributed by atoms with Crippen LogP contribution in [0.15, 0.2) is 0 Å². The highest BCUT2D eigenvalue weighted by Gasteiger charge is 2.23. The fourth-order valence-electron chi connectivity index (χ4n) is 2.26. The number of hydrogen-bond acceptors (Lipinski definition) is 4. The van der Waals surface area contributed by atoms with E-state index in [1.54, 1.807) is 4.68 Å². The SMILES string of the molecule is CCC1CCC(n2nnnc2N)CC1. The van der Waals surface area contributed by atoms with Gasteiger partial charge in [0, 0.05) is 0 Å². The zero-order valence-electron chi connectivity index (χ0n) is 8.56. The van der Waals surface area contributed by atoms with Gasteiger partial charge in [-0.2, -0.15) is 0 Å². The molecule has 2 N–H and O–H groups in total. The lowest BCUT2D eigenvalue weighted by Crippen LogP contribution is -2.20. The van der Waals surface area contributed by atoms with E-state index >= 15 is 0 Å². The van der Waals surface area contributed by atoms with Crippen molar-refractivity contribution in [2.75, 3.05) is 5.73 Å². The fourth-order valence-corrected chi connectivity index (χ4v) is 2.26. The molecule has 1 aliphatic rings. The summed E-state index contributed by atoms with van der Waals surface area (Å²) in [7, 11) is 0. The second-order valence-electron chi connectivity index (χ2n) is 4.06. The van der Waals surface area contributed by atoms with Crippen molar-refractivity contribution in [3.8, 4) is 0 Å². The van der Waals surface area contributed by atoms with E-state index in [1.165, 1.54) is 19.3 Å². The molecule has 5 nitrogen and oxygen atoms in total. The van der Waals surface area contributed by atoms with Gasteiger partial charge in [-0.25, -0.2) is 4.68 Å². The number of tetrazole rings is 1. The molecule has 5 heteroatoms. The summed E-state index contributed by atoms with van der Waals surface area (Å²) in [5.74, 6) is 1.34. The largest absolute Gasteiger partial charge is 0.367 e. The quantitative estimate of drug-likeness (QED) is 0.774. The predicted molar refractivity (Wildman–Crippen MR) is 53.5 cm³/mol. The smallest absolute Gasteiger partial charge is 0.240 e. The number of anilines is 1. The van der Waals surface area contributed by atoms with E-state index in [9.17, 15) is 0 Å². The molecule has 1 fully saturated rings. The molecule has 78 valence electrons. The Morgan fingerprint density at radius 3 is 2.57 bits per heavy atom. The number of hydrogen-bond donors (Lipinski definition) is 1. The Morgan fingerprint density at radius 1 is 1.36 bits per heavy atom. The molecule has 2 rings (SSSR count). The van der Waals surface area contributed by atoms with Crippen LogP contribution >= 0.6 is 0 Å². The Morgan fingerprint density at radius 2 is 2.07 bits per heavy atom. The van der Waals surface area contributed by atoms with Crippen LogP contribution in [0.1, 0.15) is 45.1 Å². The topological polar surface area (TPSA) is 69.6 Å². The first-order valence-corrected chi connectivity index (χ1v) is 5.34. The van der Waals surface area contributed by atoms with Gasteiger partial charge in [-0.15, -0.1) is 0 Å². The summed E-state index contributed by atoms with van der Waals surface area (Å²) in [6, 6.07) is 0.424. The van der Waals surface area contributed by atoms with Crippen LogP contribution in [0.5, 0.6) is 0 Å². The predicted octanol–water partition coefficient (Wildman–Crippen LogP) is 1.40. The van der Waals surface area contributed by atoms with Gasteiger partial charge in [0.2, 0.25) is 5.95 Å². The van der Waals surface area contributed by atoms with Crippen molar-refractivity contribution in [3.05, 3.63) is 0 Å². The van der Waals surface area contributed by atoms with E-state index in [0.29, 0.717) is 12.0 Å². The minimum Gasteiger partial charge on any atom is -0.367 e. The zero-order chi connectivity index (χ0) is 9.97. The maximum atomic E-state index is 5.67. The molecule has 1 heterocycles. The van der Waals surface area contributed by atoms with Gasteiger partial charge in [0.25, 0.3) is 0 Å². The van der Waals surface area contributed by atoms with Crippen LogP contribution in [0.2, 0.25) is 0 Å². The molecule has 0 unspecified atom stereocenters. The number of nitrogens with zero attached hydrogens (tertiary/aromatic N) is 4. The average molecular weight is 195 g/mol. The van der Waals surface area contributed by atoms with Crippen LogP contribution in [0, 0.1) is 5.92 Å². The minimum absolute atomic E-state index is 0.424. The highest BCUT2D eigenvalue weighted by molar-refractivity contribution is 5.11. The van der Waals surface area contributed by atoms with Crippen LogP contribution in [-0.2, 0) is 0 Å². The van der Waals surface area contributed by atoms with Gasteiger partial charge in [-0.1, -0.05) is 18.4 Å². The summed E-state index contributed by atoms with van der Waals surface area (Å²) in [6.07, 6.45) is 6.17. The highest BCUT2D eigenvalue weighted by atomic mass is 15.6. The number of nitrogens with two attached hydrogens (primary N) is 1. The normalized spacial score (nSPS) is 27.8. The summed E-state index contributed by atoms with van der Waals surface area (Å²) in [5, 5.41) is 11.2. The van der Waals surface area contributed by atoms with Crippen LogP contribution in [-0.4, -0.2) is 20.2 Å². The molecular weight excluding hydrogens is 178 g/mol. The third kappa shape index (κ3) is 1.71. The molecule has 0 spiro atoms. The summed E-state index contributed by atoms with van der Waals surface area (Å²) in [6.45, 7) is 2.26. The van der Waals surface area contributed by atoms with E-state index < -0.39 is 0 Å². The molecule has 1 saturated carbocycles. The Kier molecular flexibility index (Phi) is 2.65. The third-order valence-electron chi connectivity index (χ3n) is 3.26. The van der Waals surface area contributed by atoms with E-state index in [1.807, 2.05) is 0 Å². The van der Waals surface area contributed by atoms with Crippen LogP contribution in [0.4, 0.5) is 5.95 Å². The summed E-state index contributed by atoms with van der Waals surface area (Å²) in [5.41, 5.74) is 5.67. The Labute approximate surface area is 83.7 Å². The van der Waals surface area contributed by atoms with Gasteiger partial charge < -0.3 is 5.73 Å². The third-order valence-corrected chi connectivity index (χ3v) is 3.26. The van der Waals surface area contributed by atoms with E-state index in [2.05, 4.69) is 22.4 Å². The first kappa shape index (κ1) is 9.43. The Balaban J connectivity index is 1.99. The summed E-state index contributed by atoms with van der Waals surface area (Å²) in [4.78, 5) is 0. The minimum atomic E-state index is 0.424. The van der Waals surface area contributed by atoms with Crippen molar-refractivity contribution in [1.82, 2.24) is 20.2 Å². The van der Waals surface area contributed by atoms with Gasteiger partial charge in [-0.3, -0.25) is 0 Å². The molecule has 14 heavy (non-hydrogen) atoms. The van der Waals surface area contributed by atoms with Crippen LogP contribution in [0.3, 0.4) is 0 Å². The van der Waals surface area contributed by atoms with Crippen LogP contribution in [0.25, 0.3) is 0 Å². The van der Waals surface area contributed by atoms with E-state index in [4.69, 9.17) is 5.73 Å². The van der Waals surface area contributed by atoms with Gasteiger partial charge >= 0.3 is 0 Å². The van der Waals surface area contributed by atoms with Crippen molar-refractivity contribution in [2.24, 2.45) is 5.92 Å². The molecule has 0 saturated heterocycles. The number of aromatic nitrogens is 4. The molecule has 0 atom stereocenters. The summed E-state index contributed by atoms with van der Waals surface area (Å²) >= 11 is 0. The molecule has 0 aliphatic heterocycles.